The van der Waals surface area contributed by atoms with E-state index >= 15 is 0 Å². The predicted octanol–water partition coefficient (Wildman–Crippen LogP) is 2.86. The molecule has 3 rings (SSSR count). The maximum atomic E-state index is 4.39. The highest BCUT2D eigenvalue weighted by Crippen LogP contribution is 2.10. The van der Waals surface area contributed by atoms with E-state index in [1.165, 1.54) is 17.5 Å². The van der Waals surface area contributed by atoms with E-state index < -0.39 is 0 Å². The van der Waals surface area contributed by atoms with Crippen molar-refractivity contribution in [2.45, 2.75) is 13.5 Å². The van der Waals surface area contributed by atoms with Crippen LogP contribution < -0.4 is 5.32 Å². The molecule has 0 radical (unpaired) electrons. The van der Waals surface area contributed by atoms with E-state index in [4.69, 9.17) is 0 Å². The van der Waals surface area contributed by atoms with E-state index in [0.29, 0.717) is 0 Å². The lowest BCUT2D eigenvalue weighted by molar-refractivity contribution is 0.722. The first kappa shape index (κ1) is 15.1. The van der Waals surface area contributed by atoms with Gasteiger partial charge in [-0.25, -0.2) is 14.6 Å². The van der Waals surface area contributed by atoms with Gasteiger partial charge in [0.2, 0.25) is 0 Å². The van der Waals surface area contributed by atoms with Crippen LogP contribution >= 0.6 is 0 Å². The number of aromatic nitrogens is 4. The van der Waals surface area contributed by atoms with Gasteiger partial charge in [0.25, 0.3) is 0 Å². The van der Waals surface area contributed by atoms with Gasteiger partial charge in [0.15, 0.2) is 5.82 Å². The molecular formula is C18H19N5. The normalized spacial score (nSPS) is 11.6. The molecule has 0 spiro atoms. The van der Waals surface area contributed by atoms with E-state index in [9.17, 15) is 0 Å². The second-order valence-electron chi connectivity index (χ2n) is 5.33. The zero-order valence-corrected chi connectivity index (χ0v) is 13.1. The van der Waals surface area contributed by atoms with Crippen LogP contribution in [0.3, 0.4) is 0 Å². The molecule has 2 aromatic heterocycles. The lowest BCUT2D eigenvalue weighted by Gasteiger charge is -2.09. The number of nitrogens with zero attached hydrogens (tertiary/aromatic N) is 4. The van der Waals surface area contributed by atoms with Crippen molar-refractivity contribution in [2.24, 2.45) is 0 Å². The summed E-state index contributed by atoms with van der Waals surface area (Å²) in [6.45, 7) is 3.67. The average molecular weight is 305 g/mol. The second-order valence-corrected chi connectivity index (χ2v) is 5.33. The van der Waals surface area contributed by atoms with Crippen molar-refractivity contribution < 1.29 is 0 Å². The third-order valence-corrected chi connectivity index (χ3v) is 3.44. The molecule has 5 nitrogen and oxygen atoms in total. The third kappa shape index (κ3) is 4.11. The van der Waals surface area contributed by atoms with Gasteiger partial charge in [-0.1, -0.05) is 48.0 Å². The molecule has 1 N–H and O–H groups in total. The van der Waals surface area contributed by atoms with Crippen molar-refractivity contribution in [2.75, 3.05) is 6.54 Å². The smallest absolute Gasteiger partial charge is 0.159 e. The van der Waals surface area contributed by atoms with E-state index in [-0.39, 0.29) is 0 Å². The van der Waals surface area contributed by atoms with Crippen LogP contribution in [-0.2, 0) is 6.54 Å². The highest BCUT2D eigenvalue weighted by atomic mass is 15.3. The van der Waals surface area contributed by atoms with E-state index in [0.717, 1.165) is 24.5 Å². The lowest BCUT2D eigenvalue weighted by Crippen LogP contribution is -2.17. The van der Waals surface area contributed by atoms with Gasteiger partial charge in [-0.2, -0.15) is 5.10 Å². The van der Waals surface area contributed by atoms with Gasteiger partial charge in [0.1, 0.15) is 12.7 Å². The molecule has 0 amide bonds. The Balaban J connectivity index is 1.62. The Hall–Kier alpha value is -2.79. The maximum absolute atomic E-state index is 4.39. The van der Waals surface area contributed by atoms with E-state index in [1.807, 2.05) is 30.3 Å². The summed E-state index contributed by atoms with van der Waals surface area (Å²) in [4.78, 5) is 8.37. The van der Waals surface area contributed by atoms with Crippen molar-refractivity contribution in [3.8, 4) is 5.82 Å². The zero-order valence-electron chi connectivity index (χ0n) is 13.1. The van der Waals surface area contributed by atoms with E-state index in [2.05, 4.69) is 45.5 Å². The number of pyridine rings is 1. The van der Waals surface area contributed by atoms with Crippen molar-refractivity contribution in [3.63, 3.8) is 0 Å². The lowest BCUT2D eigenvalue weighted by atomic mass is 10.1. The van der Waals surface area contributed by atoms with Crippen molar-refractivity contribution in [3.05, 3.63) is 78.0 Å². The van der Waals surface area contributed by atoms with Gasteiger partial charge in [-0.15, -0.1) is 0 Å². The summed E-state index contributed by atoms with van der Waals surface area (Å²) in [7, 11) is 0. The van der Waals surface area contributed by atoms with Crippen LogP contribution in [0.2, 0.25) is 0 Å². The van der Waals surface area contributed by atoms with E-state index in [1.54, 1.807) is 17.2 Å². The van der Waals surface area contributed by atoms with Crippen LogP contribution in [0.25, 0.3) is 11.9 Å². The fraction of sp³-hybridized carbons (Fsp3) is 0.167. The number of benzene rings is 1. The Morgan fingerprint density at radius 3 is 2.83 bits per heavy atom. The first-order chi connectivity index (χ1) is 11.3. The summed E-state index contributed by atoms with van der Waals surface area (Å²) in [5.74, 6) is 0.808. The molecule has 23 heavy (non-hydrogen) atoms. The van der Waals surface area contributed by atoms with Crippen LogP contribution in [-0.4, -0.2) is 26.3 Å². The van der Waals surface area contributed by atoms with Gasteiger partial charge in [0, 0.05) is 24.8 Å². The number of hydrogen-bond acceptors (Lipinski definition) is 4. The number of hydrogen-bond donors (Lipinski definition) is 1. The molecular weight excluding hydrogens is 286 g/mol. The van der Waals surface area contributed by atoms with Crippen LogP contribution in [0.5, 0.6) is 0 Å². The second kappa shape index (κ2) is 7.47. The molecule has 3 aromatic rings. The quantitative estimate of drug-likeness (QED) is 0.761. The number of nitrogens with one attached hydrogen (secondary N) is 1. The summed E-state index contributed by atoms with van der Waals surface area (Å²) < 4.78 is 1.68. The molecule has 0 aliphatic heterocycles. The SMILES string of the molecule is C/C(=C\c1ccccc1)CNCc1cccnc1-n1cncn1. The molecule has 0 saturated carbocycles. The van der Waals surface area contributed by atoms with Gasteiger partial charge < -0.3 is 5.32 Å². The number of rotatable bonds is 6. The summed E-state index contributed by atoms with van der Waals surface area (Å²) >= 11 is 0. The van der Waals surface area contributed by atoms with Gasteiger partial charge >= 0.3 is 0 Å². The topological polar surface area (TPSA) is 55.6 Å². The minimum Gasteiger partial charge on any atom is -0.309 e. The minimum absolute atomic E-state index is 0.725. The molecule has 1 aromatic carbocycles. The zero-order chi connectivity index (χ0) is 15.9. The molecule has 0 fully saturated rings. The van der Waals surface area contributed by atoms with Crippen molar-refractivity contribution >= 4 is 6.08 Å². The summed E-state index contributed by atoms with van der Waals surface area (Å²) in [6, 6.07) is 14.3. The third-order valence-electron chi connectivity index (χ3n) is 3.44. The monoisotopic (exact) mass is 305 g/mol. The Morgan fingerprint density at radius 1 is 1.17 bits per heavy atom. The highest BCUT2D eigenvalue weighted by molar-refractivity contribution is 5.52. The van der Waals surface area contributed by atoms with Crippen LogP contribution in [0, 0.1) is 0 Å². The Morgan fingerprint density at radius 2 is 2.04 bits per heavy atom. The molecule has 0 saturated heterocycles. The first-order valence-corrected chi connectivity index (χ1v) is 7.55. The molecule has 0 bridgehead atoms. The minimum atomic E-state index is 0.725. The molecule has 0 aliphatic carbocycles. The Labute approximate surface area is 135 Å². The largest absolute Gasteiger partial charge is 0.309 e. The van der Waals surface area contributed by atoms with Gasteiger partial charge in [-0.05, 0) is 18.6 Å². The molecule has 116 valence electrons. The maximum Gasteiger partial charge on any atom is 0.159 e. The molecule has 0 aliphatic rings. The Bertz CT molecular complexity index is 763. The predicted molar refractivity (Wildman–Crippen MR) is 91.0 cm³/mol. The highest BCUT2D eigenvalue weighted by Gasteiger charge is 2.05. The standard InChI is InChI=1S/C18H19N5/c1-15(10-16-6-3-2-4-7-16)11-19-12-17-8-5-9-21-18(17)23-14-20-13-22-23/h2-10,13-14,19H,11-12H2,1H3/b15-10+. The molecule has 0 unspecified atom stereocenters. The molecule has 5 heteroatoms. The van der Waals surface area contributed by atoms with Crippen LogP contribution in [0.1, 0.15) is 18.1 Å². The first-order valence-electron chi connectivity index (χ1n) is 7.55. The van der Waals surface area contributed by atoms with Crippen molar-refractivity contribution in [1.82, 2.24) is 25.1 Å². The van der Waals surface area contributed by atoms with Crippen LogP contribution in [0.15, 0.2) is 66.9 Å². The van der Waals surface area contributed by atoms with Gasteiger partial charge in [0.05, 0.1) is 0 Å². The molecule has 2 heterocycles. The Kier molecular flexibility index (Phi) is 4.91. The molecule has 0 atom stereocenters. The van der Waals surface area contributed by atoms with Crippen molar-refractivity contribution in [1.29, 1.82) is 0 Å². The fourth-order valence-corrected chi connectivity index (χ4v) is 2.37. The average Bonchev–Trinajstić information content (AvgIpc) is 3.10. The van der Waals surface area contributed by atoms with Crippen LogP contribution in [0.4, 0.5) is 0 Å². The summed E-state index contributed by atoms with van der Waals surface area (Å²) in [5, 5.41) is 7.60. The summed E-state index contributed by atoms with van der Waals surface area (Å²) in [6.07, 6.45) is 7.13. The van der Waals surface area contributed by atoms with Gasteiger partial charge in [-0.3, -0.25) is 0 Å². The fourth-order valence-electron chi connectivity index (χ4n) is 2.37. The summed E-state index contributed by atoms with van der Waals surface area (Å²) in [5.41, 5.74) is 3.59.